The van der Waals surface area contributed by atoms with E-state index in [0.29, 0.717) is 18.0 Å². The topological polar surface area (TPSA) is 40.5 Å². The van der Waals surface area contributed by atoms with Gasteiger partial charge in [-0.15, -0.1) is 5.73 Å². The van der Waals surface area contributed by atoms with Crippen LogP contribution in [0.2, 0.25) is 5.02 Å². The van der Waals surface area contributed by atoms with Crippen molar-refractivity contribution in [2.75, 3.05) is 18.1 Å². The van der Waals surface area contributed by atoms with Gasteiger partial charge in [0.2, 0.25) is 0 Å². The first kappa shape index (κ1) is 13.5. The number of carbonyl (C=O) groups excluding carboxylic acids is 1. The van der Waals surface area contributed by atoms with Crippen molar-refractivity contribution in [3.63, 3.8) is 0 Å². The van der Waals surface area contributed by atoms with Crippen LogP contribution in [0.15, 0.2) is 42.7 Å². The van der Waals surface area contributed by atoms with Crippen molar-refractivity contribution in [2.24, 2.45) is 0 Å². The summed E-state index contributed by atoms with van der Waals surface area (Å²) in [5.41, 5.74) is 3.19. The third-order valence-corrected chi connectivity index (χ3v) is 2.42. The molecule has 1 aromatic carbocycles. The molecule has 0 aliphatic heterocycles. The van der Waals surface area contributed by atoms with Crippen LogP contribution in [0.5, 0.6) is 0 Å². The molecule has 0 saturated carbocycles. The fourth-order valence-electron chi connectivity index (χ4n) is 1.38. The number of hydrogen-bond acceptors (Lipinski definition) is 2. The van der Waals surface area contributed by atoms with Gasteiger partial charge in [0.1, 0.15) is 0 Å². The number of carbonyl (C=O) groups is 1. The standard InChI is InChI=1S/C13H14ClNO2/c1-2-4-13(17)15(9-3-10-16)12-7-5-11(14)6-8-12/h4-8,16H,1,3,9-10H2. The molecule has 0 radical (unpaired) electrons. The fraction of sp³-hybridized carbons (Fsp3) is 0.231. The van der Waals surface area contributed by atoms with E-state index in [1.54, 1.807) is 29.2 Å². The minimum atomic E-state index is -0.212. The summed E-state index contributed by atoms with van der Waals surface area (Å²) in [6.07, 6.45) is 1.78. The van der Waals surface area contributed by atoms with Gasteiger partial charge in [-0.3, -0.25) is 4.79 Å². The maximum atomic E-state index is 11.8. The van der Waals surface area contributed by atoms with Crippen LogP contribution in [-0.2, 0) is 4.79 Å². The summed E-state index contributed by atoms with van der Waals surface area (Å²) in [7, 11) is 0. The zero-order valence-corrected chi connectivity index (χ0v) is 10.2. The summed E-state index contributed by atoms with van der Waals surface area (Å²) in [6.45, 7) is 3.85. The van der Waals surface area contributed by atoms with E-state index in [0.717, 1.165) is 5.69 Å². The van der Waals surface area contributed by atoms with Crippen LogP contribution >= 0.6 is 11.6 Å². The number of halogens is 1. The number of hydrogen-bond donors (Lipinski definition) is 1. The Morgan fingerprint density at radius 2 is 2.12 bits per heavy atom. The van der Waals surface area contributed by atoms with Crippen LogP contribution in [0.4, 0.5) is 5.69 Å². The van der Waals surface area contributed by atoms with Crippen LogP contribution in [0.25, 0.3) is 0 Å². The van der Waals surface area contributed by atoms with Crippen LogP contribution < -0.4 is 4.90 Å². The second kappa shape index (κ2) is 6.92. The van der Waals surface area contributed by atoms with Crippen molar-refractivity contribution in [1.29, 1.82) is 0 Å². The summed E-state index contributed by atoms with van der Waals surface area (Å²) in [5.74, 6) is -0.212. The Morgan fingerprint density at radius 3 is 2.65 bits per heavy atom. The number of benzene rings is 1. The quantitative estimate of drug-likeness (QED) is 0.645. The molecule has 0 bridgehead atoms. The summed E-state index contributed by atoms with van der Waals surface area (Å²) in [6, 6.07) is 6.95. The first-order valence-electron chi connectivity index (χ1n) is 5.23. The molecule has 0 saturated heterocycles. The molecular formula is C13H14ClNO2. The fourth-order valence-corrected chi connectivity index (χ4v) is 1.51. The van der Waals surface area contributed by atoms with Gasteiger partial charge in [0.15, 0.2) is 0 Å². The largest absolute Gasteiger partial charge is 0.396 e. The Hall–Kier alpha value is -1.54. The molecule has 0 heterocycles. The zero-order valence-electron chi connectivity index (χ0n) is 9.40. The van der Waals surface area contributed by atoms with Crippen molar-refractivity contribution < 1.29 is 9.90 Å². The van der Waals surface area contributed by atoms with Crippen molar-refractivity contribution in [3.05, 3.63) is 47.7 Å². The Bertz CT molecular complexity index is 422. The predicted octanol–water partition coefficient (Wildman–Crippen LogP) is 2.40. The number of amides is 1. The Morgan fingerprint density at radius 1 is 1.47 bits per heavy atom. The third kappa shape index (κ3) is 4.08. The smallest absolute Gasteiger partial charge is 0.258 e. The highest BCUT2D eigenvalue weighted by Gasteiger charge is 2.12. The lowest BCUT2D eigenvalue weighted by Crippen LogP contribution is -2.30. The van der Waals surface area contributed by atoms with Gasteiger partial charge < -0.3 is 10.0 Å². The molecule has 0 aliphatic rings. The number of rotatable bonds is 5. The van der Waals surface area contributed by atoms with E-state index < -0.39 is 0 Å². The van der Waals surface area contributed by atoms with Crippen LogP contribution in [0.3, 0.4) is 0 Å². The van der Waals surface area contributed by atoms with Crippen LogP contribution in [-0.4, -0.2) is 24.2 Å². The molecule has 0 atom stereocenters. The minimum absolute atomic E-state index is 0.0369. The van der Waals surface area contributed by atoms with Crippen molar-refractivity contribution in [1.82, 2.24) is 0 Å². The molecular weight excluding hydrogens is 238 g/mol. The van der Waals surface area contributed by atoms with E-state index >= 15 is 0 Å². The predicted molar refractivity (Wildman–Crippen MR) is 69.2 cm³/mol. The maximum absolute atomic E-state index is 11.8. The van der Waals surface area contributed by atoms with E-state index in [-0.39, 0.29) is 12.5 Å². The van der Waals surface area contributed by atoms with Gasteiger partial charge in [-0.25, -0.2) is 0 Å². The van der Waals surface area contributed by atoms with Crippen molar-refractivity contribution >= 4 is 23.2 Å². The average molecular weight is 252 g/mol. The molecule has 0 fully saturated rings. The van der Waals surface area contributed by atoms with Crippen molar-refractivity contribution in [2.45, 2.75) is 6.42 Å². The lowest BCUT2D eigenvalue weighted by Gasteiger charge is -2.20. The molecule has 0 aliphatic carbocycles. The average Bonchev–Trinajstić information content (AvgIpc) is 2.32. The molecule has 1 N–H and O–H groups in total. The van der Waals surface area contributed by atoms with Gasteiger partial charge in [-0.05, 0) is 30.7 Å². The monoisotopic (exact) mass is 251 g/mol. The summed E-state index contributed by atoms with van der Waals surface area (Å²) in [5, 5.41) is 9.43. The van der Waals surface area contributed by atoms with E-state index in [9.17, 15) is 4.79 Å². The number of nitrogens with zero attached hydrogens (tertiary/aromatic N) is 1. The first-order valence-corrected chi connectivity index (χ1v) is 5.60. The highest BCUT2D eigenvalue weighted by molar-refractivity contribution is 6.30. The molecule has 0 spiro atoms. The van der Waals surface area contributed by atoms with Crippen LogP contribution in [0, 0.1) is 0 Å². The highest BCUT2D eigenvalue weighted by atomic mass is 35.5. The molecule has 1 rings (SSSR count). The molecule has 0 unspecified atom stereocenters. The minimum Gasteiger partial charge on any atom is -0.396 e. The van der Waals surface area contributed by atoms with Crippen molar-refractivity contribution in [3.8, 4) is 0 Å². The second-order valence-electron chi connectivity index (χ2n) is 3.39. The molecule has 0 aromatic heterocycles. The molecule has 1 amide bonds. The Labute approximate surface area is 106 Å². The number of aliphatic hydroxyl groups is 1. The van der Waals surface area contributed by atoms with Gasteiger partial charge in [0.05, 0.1) is 0 Å². The van der Waals surface area contributed by atoms with E-state index in [4.69, 9.17) is 16.7 Å². The third-order valence-electron chi connectivity index (χ3n) is 2.17. The molecule has 17 heavy (non-hydrogen) atoms. The first-order chi connectivity index (χ1) is 8.19. The number of aliphatic hydroxyl groups excluding tert-OH is 1. The summed E-state index contributed by atoms with van der Waals surface area (Å²) >= 11 is 5.79. The Kier molecular flexibility index (Phi) is 5.50. The summed E-state index contributed by atoms with van der Waals surface area (Å²) < 4.78 is 0. The normalized spacial score (nSPS) is 9.53. The zero-order chi connectivity index (χ0) is 12.7. The van der Waals surface area contributed by atoms with Crippen LogP contribution in [0.1, 0.15) is 6.42 Å². The lowest BCUT2D eigenvalue weighted by atomic mass is 10.2. The van der Waals surface area contributed by atoms with E-state index in [1.165, 1.54) is 6.08 Å². The van der Waals surface area contributed by atoms with E-state index in [1.807, 2.05) is 0 Å². The lowest BCUT2D eigenvalue weighted by molar-refractivity contribution is -0.114. The molecule has 1 aromatic rings. The van der Waals surface area contributed by atoms with Gasteiger partial charge in [0, 0.05) is 29.9 Å². The molecule has 90 valence electrons. The second-order valence-corrected chi connectivity index (χ2v) is 3.83. The highest BCUT2D eigenvalue weighted by Crippen LogP contribution is 2.18. The van der Waals surface area contributed by atoms with Gasteiger partial charge in [0.25, 0.3) is 5.91 Å². The number of anilines is 1. The van der Waals surface area contributed by atoms with Gasteiger partial charge in [-0.2, -0.15) is 0 Å². The van der Waals surface area contributed by atoms with Gasteiger partial charge >= 0.3 is 0 Å². The molecule has 4 heteroatoms. The van der Waals surface area contributed by atoms with E-state index in [2.05, 4.69) is 12.3 Å². The molecule has 3 nitrogen and oxygen atoms in total. The maximum Gasteiger partial charge on any atom is 0.258 e. The SMILES string of the molecule is C=C=CC(=O)N(CCCO)c1ccc(Cl)cc1. The van der Waals surface area contributed by atoms with Gasteiger partial charge in [-0.1, -0.05) is 18.2 Å². The Balaban J connectivity index is 2.92. The summed E-state index contributed by atoms with van der Waals surface area (Å²) in [4.78, 5) is 13.3.